The van der Waals surface area contributed by atoms with Crippen molar-refractivity contribution in [2.75, 3.05) is 36.0 Å². The number of hydrogen-bond donors (Lipinski definition) is 0. The van der Waals surface area contributed by atoms with Gasteiger partial charge in [0.05, 0.1) is 0 Å². The average Bonchev–Trinajstić information content (AvgIpc) is 3.08. The van der Waals surface area contributed by atoms with Gasteiger partial charge >= 0.3 is 317 Å². The fourth-order valence-corrected chi connectivity index (χ4v) is 14.8. The van der Waals surface area contributed by atoms with E-state index in [1.807, 2.05) is 0 Å². The van der Waals surface area contributed by atoms with Crippen LogP contribution in [0.15, 0.2) is 121 Å². The molecule has 0 saturated heterocycles. The molecule has 45 heavy (non-hydrogen) atoms. The molecule has 0 radical (unpaired) electrons. The Bertz CT molecular complexity index is 1330. The summed E-state index contributed by atoms with van der Waals surface area (Å²) in [5.41, 5.74) is 0. The third-order valence-electron chi connectivity index (χ3n) is 6.64. The van der Waals surface area contributed by atoms with Gasteiger partial charge in [-0.1, -0.05) is 0 Å². The molecule has 0 N–H and O–H groups in total. The van der Waals surface area contributed by atoms with E-state index in [1.165, 1.54) is 14.4 Å². The van der Waals surface area contributed by atoms with Crippen molar-refractivity contribution in [3.8, 4) is 0 Å². The minimum atomic E-state index is -0.289. The SMILES string of the molecule is Clc1nc(N(CC[Te]c2ccccc2)CC[Te]c2ccccc2)nc(N(CC[Te]c2ccccc2)CC[Te]c2ccccc2)n1. The number of anilines is 2. The van der Waals surface area contributed by atoms with Crippen LogP contribution in [0.5, 0.6) is 0 Å². The Morgan fingerprint density at radius 3 is 0.933 bits per heavy atom. The van der Waals surface area contributed by atoms with E-state index in [9.17, 15) is 0 Å². The summed E-state index contributed by atoms with van der Waals surface area (Å²) >= 11 is 5.52. The molecule has 0 unspecified atom stereocenters. The van der Waals surface area contributed by atoms with E-state index < -0.39 is 0 Å². The second-order valence-corrected chi connectivity index (χ2v) is 23.5. The van der Waals surface area contributed by atoms with Crippen LogP contribution >= 0.6 is 11.6 Å². The number of benzene rings is 4. The number of hydrogen-bond acceptors (Lipinski definition) is 5. The van der Waals surface area contributed by atoms with Gasteiger partial charge in [-0.25, -0.2) is 0 Å². The van der Waals surface area contributed by atoms with Crippen LogP contribution in [0.4, 0.5) is 11.9 Å². The molecule has 1 aromatic heterocycles. The Kier molecular flexibility index (Phi) is 15.9. The molecule has 0 bridgehead atoms. The standard InChI is InChI=1S/C35H36ClN5Te4/c36-33-37-34(40(21-25-42-29-13-5-1-6-14-29)22-26-43-30-15-7-2-8-16-30)39-35(38-33)41(23-27-44-31-17-9-3-10-18-31)24-28-45-32-19-11-4-12-20-32/h1-20H,21-28H2. The summed E-state index contributed by atoms with van der Waals surface area (Å²) in [5, 5.41) is 0.295. The van der Waals surface area contributed by atoms with Gasteiger partial charge in [-0.3, -0.25) is 0 Å². The molecule has 0 amide bonds. The second kappa shape index (κ2) is 20.3. The summed E-state index contributed by atoms with van der Waals surface area (Å²) in [4.78, 5) is 19.3. The Balaban J connectivity index is 1.31. The van der Waals surface area contributed by atoms with Crippen LogP contribution in [-0.4, -0.2) is 125 Å². The van der Waals surface area contributed by atoms with E-state index in [0.29, 0.717) is 5.28 Å². The quantitative estimate of drug-likeness (QED) is 0.125. The molecule has 10 heteroatoms. The molecule has 0 atom stereocenters. The molecule has 1 heterocycles. The molecule has 0 spiro atoms. The summed E-state index contributed by atoms with van der Waals surface area (Å²) in [6, 6.07) is 43.7. The summed E-state index contributed by atoms with van der Waals surface area (Å²) in [5.74, 6) is 1.46. The number of aromatic nitrogens is 3. The zero-order chi connectivity index (χ0) is 30.9. The molecular weight excluding hydrogens is 1040 g/mol. The molecule has 0 aliphatic rings. The van der Waals surface area contributed by atoms with Crippen LogP contribution in [0, 0.1) is 0 Å². The molecule has 0 fully saturated rings. The van der Waals surface area contributed by atoms with Gasteiger partial charge in [0.1, 0.15) is 0 Å². The zero-order valence-corrected chi connectivity index (χ0v) is 35.0. The first kappa shape index (κ1) is 35.3. The van der Waals surface area contributed by atoms with Gasteiger partial charge < -0.3 is 0 Å². The minimum absolute atomic E-state index is 0.289. The van der Waals surface area contributed by atoms with Crippen molar-refractivity contribution in [2.24, 2.45) is 0 Å². The fourth-order valence-electron chi connectivity index (χ4n) is 4.40. The third kappa shape index (κ3) is 12.8. The van der Waals surface area contributed by atoms with Crippen molar-refractivity contribution in [2.45, 2.75) is 17.9 Å². The molecule has 232 valence electrons. The van der Waals surface area contributed by atoms with Gasteiger partial charge in [0.2, 0.25) is 0 Å². The van der Waals surface area contributed by atoms with E-state index in [0.717, 1.165) is 56.0 Å². The molecular formula is C35H36ClN5Te4. The van der Waals surface area contributed by atoms with Gasteiger partial charge in [0, 0.05) is 0 Å². The molecule has 0 aliphatic carbocycles. The third-order valence-corrected chi connectivity index (χ3v) is 18.1. The van der Waals surface area contributed by atoms with E-state index in [2.05, 4.69) is 131 Å². The Morgan fingerprint density at radius 1 is 0.400 bits per heavy atom. The number of halogens is 1. The van der Waals surface area contributed by atoms with Crippen molar-refractivity contribution in [3.05, 3.63) is 127 Å². The van der Waals surface area contributed by atoms with Crippen molar-refractivity contribution in [1.82, 2.24) is 15.0 Å². The van der Waals surface area contributed by atoms with Crippen LogP contribution in [0.1, 0.15) is 0 Å². The van der Waals surface area contributed by atoms with Gasteiger partial charge in [-0.05, 0) is 0 Å². The molecule has 5 nitrogen and oxygen atoms in total. The first-order valence-electron chi connectivity index (χ1n) is 14.9. The van der Waals surface area contributed by atoms with Gasteiger partial charge in [-0.15, -0.1) is 0 Å². The normalized spacial score (nSPS) is 11.0. The van der Waals surface area contributed by atoms with E-state index in [-0.39, 0.29) is 83.7 Å². The van der Waals surface area contributed by atoms with Crippen LogP contribution in [0.25, 0.3) is 0 Å². The zero-order valence-electron chi connectivity index (χ0n) is 25.0. The second-order valence-electron chi connectivity index (χ2n) is 9.82. The first-order valence-corrected chi connectivity index (χ1v) is 26.5. The predicted octanol–water partition coefficient (Wildman–Crippen LogP) is 3.93. The first-order chi connectivity index (χ1) is 22.2. The summed E-state index contributed by atoms with van der Waals surface area (Å²) < 4.78 is 10.6. The van der Waals surface area contributed by atoms with Crippen LogP contribution in [0.2, 0.25) is 23.2 Å². The summed E-state index contributed by atoms with van der Waals surface area (Å²) in [6.45, 7) is 3.78. The van der Waals surface area contributed by atoms with Crippen LogP contribution in [0.3, 0.4) is 0 Å². The number of rotatable bonds is 18. The van der Waals surface area contributed by atoms with Crippen LogP contribution in [-0.2, 0) is 0 Å². The molecule has 0 saturated carbocycles. The van der Waals surface area contributed by atoms with E-state index in [1.54, 1.807) is 0 Å². The monoisotopic (exact) mass is 1080 g/mol. The van der Waals surface area contributed by atoms with Gasteiger partial charge in [0.15, 0.2) is 0 Å². The topological polar surface area (TPSA) is 45.2 Å². The van der Waals surface area contributed by atoms with Crippen LogP contribution < -0.4 is 24.2 Å². The maximum atomic E-state index is 6.67. The molecule has 0 aliphatic heterocycles. The van der Waals surface area contributed by atoms with Crippen molar-refractivity contribution >= 4 is 122 Å². The van der Waals surface area contributed by atoms with E-state index in [4.69, 9.17) is 26.6 Å². The summed E-state index contributed by atoms with van der Waals surface area (Å²) in [7, 11) is 0. The van der Waals surface area contributed by atoms with Gasteiger partial charge in [0.25, 0.3) is 0 Å². The Labute approximate surface area is 313 Å². The maximum absolute atomic E-state index is 6.67. The summed E-state index contributed by atoms with van der Waals surface area (Å²) in [6.07, 6.45) is 0. The number of nitrogens with zero attached hydrogens (tertiary/aromatic N) is 5. The molecule has 5 aromatic rings. The average molecular weight is 1070 g/mol. The fraction of sp³-hybridized carbons (Fsp3) is 0.229. The Hall–Kier alpha value is -1.06. The Morgan fingerprint density at radius 2 is 0.667 bits per heavy atom. The predicted molar refractivity (Wildman–Crippen MR) is 196 cm³/mol. The van der Waals surface area contributed by atoms with Crippen molar-refractivity contribution < 1.29 is 0 Å². The molecule has 4 aromatic carbocycles. The van der Waals surface area contributed by atoms with E-state index >= 15 is 0 Å². The molecule has 5 rings (SSSR count). The van der Waals surface area contributed by atoms with Gasteiger partial charge in [-0.2, -0.15) is 0 Å². The van der Waals surface area contributed by atoms with Crippen molar-refractivity contribution in [1.29, 1.82) is 0 Å². The van der Waals surface area contributed by atoms with Crippen molar-refractivity contribution in [3.63, 3.8) is 0 Å².